The molecule has 1 saturated carbocycles. The normalized spacial score (nSPS) is 28.2. The number of carbonyl (C=O) groups is 3. The molecule has 1 fully saturated rings. The summed E-state index contributed by atoms with van der Waals surface area (Å²) in [6.45, 7) is 0. The van der Waals surface area contributed by atoms with Crippen LogP contribution in [0.5, 0.6) is 5.75 Å². The van der Waals surface area contributed by atoms with Gasteiger partial charge in [0.05, 0.1) is 10.8 Å². The fraction of sp³-hybridized carbons (Fsp3) is 0.409. The number of likely N-dealkylation sites (N-methyl/N-ethyl adjacent to an activating group) is 1. The summed E-state index contributed by atoms with van der Waals surface area (Å²) in [7, 11) is 4.67. The second-order valence-electron chi connectivity index (χ2n) is 9.01. The zero-order valence-corrected chi connectivity index (χ0v) is 18.6. The number of Topliss-reactive ketones (excluding diaryl/α,β-unsaturated/α-hetero) is 2. The second kappa shape index (κ2) is 7.55. The number of carbonyl (C=O) groups excluding carboxylic acids is 3. The van der Waals surface area contributed by atoms with E-state index >= 15 is 0 Å². The van der Waals surface area contributed by atoms with Gasteiger partial charge in [0.1, 0.15) is 28.9 Å². The van der Waals surface area contributed by atoms with Gasteiger partial charge in [-0.05, 0) is 36.5 Å². The van der Waals surface area contributed by atoms with Crippen molar-refractivity contribution in [3.8, 4) is 5.75 Å². The van der Waals surface area contributed by atoms with Crippen molar-refractivity contribution in [2.75, 3.05) is 26.0 Å². The van der Waals surface area contributed by atoms with Crippen LogP contribution in [0, 0.1) is 16.7 Å². The summed E-state index contributed by atoms with van der Waals surface area (Å²) in [6.07, 6.45) is 0.0250. The molecule has 2 unspecified atom stereocenters. The third kappa shape index (κ3) is 2.84. The molecule has 34 heavy (non-hydrogen) atoms. The standard InChI is InChI=1S/C22H24N4O8/c1-25(2)11-4-5-12(27)14-9(11)6-8-7-10-16(26(3)24-34)18(29)15(21(23)32)20(31)22(10,33)19(30)13(8)17(14)28/h4-5,8,10,16,27-28,31,33H,6-7H2,1-3H3,(H2,23,32)/t8?,10?,16-,22-/m0/s1. The maximum absolute atomic E-state index is 13.7. The molecule has 0 aliphatic heterocycles. The summed E-state index contributed by atoms with van der Waals surface area (Å²) in [5.41, 5.74) is 2.38. The Balaban J connectivity index is 2.00. The number of nitroso groups, excluding NO2 is 1. The Bertz CT molecular complexity index is 1220. The molecule has 4 atom stereocenters. The topological polar surface area (TPSA) is 194 Å². The van der Waals surface area contributed by atoms with E-state index in [4.69, 9.17) is 5.73 Å². The Kier molecular flexibility index (Phi) is 5.16. The van der Waals surface area contributed by atoms with Crippen LogP contribution >= 0.6 is 0 Å². The van der Waals surface area contributed by atoms with Gasteiger partial charge in [-0.15, -0.1) is 4.91 Å². The van der Waals surface area contributed by atoms with Crippen molar-refractivity contribution >= 4 is 28.9 Å². The van der Waals surface area contributed by atoms with Crippen LogP contribution in [0.3, 0.4) is 0 Å². The number of nitrogens with two attached hydrogens (primary N) is 1. The lowest BCUT2D eigenvalue weighted by molar-refractivity contribution is -0.154. The summed E-state index contributed by atoms with van der Waals surface area (Å²) < 4.78 is 0. The van der Waals surface area contributed by atoms with Crippen LogP contribution in [0.15, 0.2) is 34.3 Å². The number of benzene rings is 1. The van der Waals surface area contributed by atoms with Crippen LogP contribution in [0.25, 0.3) is 5.76 Å². The minimum absolute atomic E-state index is 0.0153. The SMILES string of the molecule is CN(C)c1ccc(O)c2c1CC1CC3[C@H](N(C)N=O)C(=O)C(C(N)=O)=C(O)[C@@]3(O)C(=O)C1=C2O. The molecule has 1 aromatic rings. The Morgan fingerprint density at radius 2 is 1.82 bits per heavy atom. The van der Waals surface area contributed by atoms with E-state index in [0.29, 0.717) is 16.3 Å². The molecule has 0 saturated heterocycles. The first-order valence-corrected chi connectivity index (χ1v) is 10.4. The molecule has 0 spiro atoms. The predicted octanol–water partition coefficient (Wildman–Crippen LogP) is 0.0816. The van der Waals surface area contributed by atoms with E-state index < -0.39 is 58.0 Å². The molecule has 0 bridgehead atoms. The van der Waals surface area contributed by atoms with Gasteiger partial charge in [0.15, 0.2) is 11.4 Å². The number of phenols is 1. The molecular weight excluding hydrogens is 448 g/mol. The molecule has 180 valence electrons. The molecule has 0 heterocycles. The van der Waals surface area contributed by atoms with Crippen molar-refractivity contribution < 1.29 is 34.8 Å². The summed E-state index contributed by atoms with van der Waals surface area (Å²) in [6, 6.07) is 1.45. The van der Waals surface area contributed by atoms with Gasteiger partial charge in [0.2, 0.25) is 5.78 Å². The molecule has 12 nitrogen and oxygen atoms in total. The third-order valence-electron chi connectivity index (χ3n) is 7.04. The van der Waals surface area contributed by atoms with Crippen LogP contribution in [0.4, 0.5) is 5.69 Å². The van der Waals surface area contributed by atoms with E-state index in [1.165, 1.54) is 6.07 Å². The molecule has 0 radical (unpaired) electrons. The number of aromatic hydroxyl groups is 1. The Labute approximate surface area is 193 Å². The fourth-order valence-corrected chi connectivity index (χ4v) is 5.53. The fourth-order valence-electron chi connectivity index (χ4n) is 5.53. The number of nitrogens with zero attached hydrogens (tertiary/aromatic N) is 3. The third-order valence-corrected chi connectivity index (χ3v) is 7.04. The minimum atomic E-state index is -2.83. The average molecular weight is 472 g/mol. The van der Waals surface area contributed by atoms with Gasteiger partial charge >= 0.3 is 0 Å². The van der Waals surface area contributed by atoms with Gasteiger partial charge in [0.25, 0.3) is 5.91 Å². The molecule has 6 N–H and O–H groups in total. The second-order valence-corrected chi connectivity index (χ2v) is 9.01. The first kappa shape index (κ1) is 23.2. The van der Waals surface area contributed by atoms with Crippen LogP contribution in [-0.4, -0.2) is 75.7 Å². The van der Waals surface area contributed by atoms with Crippen LogP contribution in [-0.2, 0) is 20.8 Å². The van der Waals surface area contributed by atoms with E-state index in [9.17, 15) is 39.7 Å². The monoisotopic (exact) mass is 472 g/mol. The number of fused-ring (bicyclic) bond motifs is 3. The van der Waals surface area contributed by atoms with E-state index in [-0.39, 0.29) is 29.7 Å². The molecule has 4 rings (SSSR count). The molecule has 3 aliphatic carbocycles. The van der Waals surface area contributed by atoms with Gasteiger partial charge in [-0.1, -0.05) is 0 Å². The summed E-state index contributed by atoms with van der Waals surface area (Å²) in [5, 5.41) is 47.2. The van der Waals surface area contributed by atoms with Crippen molar-refractivity contribution in [1.29, 1.82) is 0 Å². The van der Waals surface area contributed by atoms with Gasteiger partial charge in [-0.2, -0.15) is 0 Å². The molecule has 0 aromatic heterocycles. The molecule has 1 amide bonds. The van der Waals surface area contributed by atoms with Crippen molar-refractivity contribution in [3.63, 3.8) is 0 Å². The number of hydrogen-bond donors (Lipinski definition) is 5. The number of rotatable bonds is 4. The van der Waals surface area contributed by atoms with E-state index in [0.717, 1.165) is 7.05 Å². The number of phenolic OH excluding ortho intramolecular Hbond substituents is 1. The van der Waals surface area contributed by atoms with Crippen LogP contribution in [0.1, 0.15) is 17.5 Å². The van der Waals surface area contributed by atoms with Crippen molar-refractivity contribution in [2.45, 2.75) is 24.5 Å². The molecule has 12 heteroatoms. The Morgan fingerprint density at radius 3 is 2.38 bits per heavy atom. The highest BCUT2D eigenvalue weighted by atomic mass is 16.3. The highest BCUT2D eigenvalue weighted by Gasteiger charge is 2.64. The van der Waals surface area contributed by atoms with Gasteiger partial charge in [-0.25, -0.2) is 0 Å². The number of aliphatic hydroxyl groups excluding tert-OH is 2. The van der Waals surface area contributed by atoms with Crippen LogP contribution < -0.4 is 10.6 Å². The van der Waals surface area contributed by atoms with Crippen molar-refractivity contribution in [1.82, 2.24) is 5.01 Å². The van der Waals surface area contributed by atoms with Crippen LogP contribution in [0.2, 0.25) is 0 Å². The quantitative estimate of drug-likeness (QED) is 0.227. The minimum Gasteiger partial charge on any atom is -0.508 e. The lowest BCUT2D eigenvalue weighted by atomic mass is 9.57. The van der Waals surface area contributed by atoms with E-state index in [1.807, 2.05) is 0 Å². The van der Waals surface area contributed by atoms with E-state index in [2.05, 4.69) is 5.29 Å². The predicted molar refractivity (Wildman–Crippen MR) is 118 cm³/mol. The average Bonchev–Trinajstić information content (AvgIpc) is 2.75. The lowest BCUT2D eigenvalue weighted by Gasteiger charge is -2.49. The number of hydrogen-bond acceptors (Lipinski definition) is 10. The number of amides is 1. The highest BCUT2D eigenvalue weighted by molar-refractivity contribution is 6.24. The summed E-state index contributed by atoms with van der Waals surface area (Å²) >= 11 is 0. The van der Waals surface area contributed by atoms with Gasteiger partial charge in [-0.3, -0.25) is 19.4 Å². The number of primary amides is 1. The smallest absolute Gasteiger partial charge is 0.255 e. The van der Waals surface area contributed by atoms with Crippen molar-refractivity contribution in [2.24, 2.45) is 22.9 Å². The van der Waals surface area contributed by atoms with E-state index in [1.54, 1.807) is 25.1 Å². The first-order chi connectivity index (χ1) is 15.9. The highest BCUT2D eigenvalue weighted by Crippen LogP contribution is 2.53. The molecular formula is C22H24N4O8. The Hall–Kier alpha value is -3.93. The number of anilines is 1. The molecule has 1 aromatic carbocycles. The number of aliphatic hydroxyl groups is 3. The van der Waals surface area contributed by atoms with Gasteiger partial charge in [0, 0.05) is 38.3 Å². The summed E-state index contributed by atoms with van der Waals surface area (Å²) in [4.78, 5) is 51.7. The lowest BCUT2D eigenvalue weighted by Crippen LogP contribution is -2.65. The zero-order chi connectivity index (χ0) is 25.3. The van der Waals surface area contributed by atoms with Gasteiger partial charge < -0.3 is 31.1 Å². The maximum atomic E-state index is 13.7. The van der Waals surface area contributed by atoms with Crippen molar-refractivity contribution in [3.05, 3.63) is 45.1 Å². The number of ketones is 2. The largest absolute Gasteiger partial charge is 0.508 e. The first-order valence-electron chi connectivity index (χ1n) is 10.4. The molecule has 3 aliphatic rings. The maximum Gasteiger partial charge on any atom is 0.255 e. The summed E-state index contributed by atoms with van der Waals surface area (Å²) in [5.74, 6) is -7.79. The Morgan fingerprint density at radius 1 is 1.18 bits per heavy atom. The zero-order valence-electron chi connectivity index (χ0n) is 18.6.